The Hall–Kier alpha value is -1.80. The summed E-state index contributed by atoms with van der Waals surface area (Å²) in [7, 11) is -3.06. The topological polar surface area (TPSA) is 104 Å². The fourth-order valence-corrected chi connectivity index (χ4v) is 4.08. The van der Waals surface area contributed by atoms with Gasteiger partial charge in [0.15, 0.2) is 9.84 Å². The Morgan fingerprint density at radius 1 is 1.35 bits per heavy atom. The first kappa shape index (κ1) is 17.6. The maximum atomic E-state index is 12.0. The van der Waals surface area contributed by atoms with Crippen LogP contribution >= 0.6 is 11.6 Å². The minimum atomic E-state index is -3.06. The molecule has 0 bridgehead atoms. The number of rotatable bonds is 4. The number of halogens is 1. The lowest BCUT2D eigenvalue weighted by Crippen LogP contribution is -2.49. The normalized spacial score (nSPS) is 20.5. The van der Waals surface area contributed by atoms with E-state index in [1.807, 2.05) is 0 Å². The number of hydrogen-bond acceptors (Lipinski definition) is 4. The van der Waals surface area contributed by atoms with Gasteiger partial charge in [-0.1, -0.05) is 17.7 Å². The van der Waals surface area contributed by atoms with Crippen molar-refractivity contribution >= 4 is 39.1 Å². The SMILES string of the molecule is C[C@@H](NC(=O)NC1CCS(=O)(=O)C1)C(=O)Nc1cccc(Cl)c1. The Kier molecular flexibility index (Phi) is 5.48. The van der Waals surface area contributed by atoms with E-state index in [-0.39, 0.29) is 11.5 Å². The third-order valence-corrected chi connectivity index (χ3v) is 5.40. The molecule has 0 radical (unpaired) electrons. The van der Waals surface area contributed by atoms with Crippen molar-refractivity contribution in [2.45, 2.75) is 25.4 Å². The van der Waals surface area contributed by atoms with E-state index in [0.29, 0.717) is 17.1 Å². The zero-order valence-corrected chi connectivity index (χ0v) is 14.1. The molecule has 3 N–H and O–H groups in total. The molecule has 1 aromatic rings. The molecule has 0 spiro atoms. The van der Waals surface area contributed by atoms with Crippen molar-refractivity contribution in [3.8, 4) is 0 Å². The van der Waals surface area contributed by atoms with Crippen LogP contribution in [-0.2, 0) is 14.6 Å². The smallest absolute Gasteiger partial charge is 0.315 e. The number of sulfone groups is 1. The summed E-state index contributed by atoms with van der Waals surface area (Å²) in [5.74, 6) is -0.395. The molecule has 1 aromatic carbocycles. The molecule has 1 unspecified atom stereocenters. The van der Waals surface area contributed by atoms with Crippen molar-refractivity contribution in [1.82, 2.24) is 10.6 Å². The van der Waals surface area contributed by atoms with Crippen LogP contribution < -0.4 is 16.0 Å². The van der Waals surface area contributed by atoms with Crippen LogP contribution in [0, 0.1) is 0 Å². The van der Waals surface area contributed by atoms with Gasteiger partial charge in [-0.05, 0) is 31.5 Å². The number of amides is 3. The van der Waals surface area contributed by atoms with Crippen LogP contribution in [0.2, 0.25) is 5.02 Å². The average molecular weight is 360 g/mol. The molecule has 1 heterocycles. The summed E-state index contributed by atoms with van der Waals surface area (Å²) in [6.45, 7) is 1.53. The van der Waals surface area contributed by atoms with Gasteiger partial charge in [-0.15, -0.1) is 0 Å². The van der Waals surface area contributed by atoms with Gasteiger partial charge in [-0.3, -0.25) is 4.79 Å². The van der Waals surface area contributed by atoms with Crippen molar-refractivity contribution in [3.05, 3.63) is 29.3 Å². The standard InChI is InChI=1S/C14H18ClN3O4S/c1-9(13(19)17-11-4-2-3-10(15)7-11)16-14(20)18-12-5-6-23(21,22)8-12/h2-4,7,9,12H,5-6,8H2,1H3,(H,17,19)(H2,16,18,20)/t9-,12?/m1/s1. The summed E-state index contributed by atoms with van der Waals surface area (Å²) in [5.41, 5.74) is 0.526. The average Bonchev–Trinajstić information content (AvgIpc) is 2.77. The molecular formula is C14H18ClN3O4S. The minimum absolute atomic E-state index is 0.0660. The summed E-state index contributed by atoms with van der Waals surface area (Å²) in [6, 6.07) is 4.89. The summed E-state index contributed by atoms with van der Waals surface area (Å²) >= 11 is 5.83. The molecule has 126 valence electrons. The second-order valence-electron chi connectivity index (χ2n) is 5.44. The molecular weight excluding hydrogens is 342 g/mol. The molecule has 9 heteroatoms. The van der Waals surface area contributed by atoms with Crippen molar-refractivity contribution in [2.75, 3.05) is 16.8 Å². The number of anilines is 1. The number of carbonyl (C=O) groups excluding carboxylic acids is 2. The number of carbonyl (C=O) groups is 2. The van der Waals surface area contributed by atoms with E-state index < -0.39 is 33.9 Å². The van der Waals surface area contributed by atoms with Gasteiger partial charge in [0, 0.05) is 16.8 Å². The predicted molar refractivity (Wildman–Crippen MR) is 88.3 cm³/mol. The highest BCUT2D eigenvalue weighted by atomic mass is 35.5. The van der Waals surface area contributed by atoms with Crippen LogP contribution in [0.4, 0.5) is 10.5 Å². The van der Waals surface area contributed by atoms with E-state index >= 15 is 0 Å². The van der Waals surface area contributed by atoms with Crippen LogP contribution in [-0.4, -0.2) is 43.9 Å². The zero-order valence-electron chi connectivity index (χ0n) is 12.5. The molecule has 0 aliphatic carbocycles. The van der Waals surface area contributed by atoms with E-state index in [1.165, 1.54) is 6.92 Å². The maximum Gasteiger partial charge on any atom is 0.315 e. The minimum Gasteiger partial charge on any atom is -0.334 e. The van der Waals surface area contributed by atoms with E-state index in [2.05, 4.69) is 16.0 Å². The van der Waals surface area contributed by atoms with Gasteiger partial charge in [0.1, 0.15) is 6.04 Å². The first-order valence-corrected chi connectivity index (χ1v) is 9.29. The van der Waals surface area contributed by atoms with Crippen molar-refractivity contribution in [3.63, 3.8) is 0 Å². The van der Waals surface area contributed by atoms with Gasteiger partial charge in [0.25, 0.3) is 0 Å². The predicted octanol–water partition coefficient (Wildman–Crippen LogP) is 1.15. The van der Waals surface area contributed by atoms with Crippen molar-refractivity contribution in [2.24, 2.45) is 0 Å². The number of urea groups is 1. The van der Waals surface area contributed by atoms with E-state index in [1.54, 1.807) is 24.3 Å². The van der Waals surface area contributed by atoms with Crippen LogP contribution in [0.25, 0.3) is 0 Å². The first-order chi connectivity index (χ1) is 10.7. The van der Waals surface area contributed by atoms with Crippen LogP contribution in [0.1, 0.15) is 13.3 Å². The molecule has 0 aromatic heterocycles. The third-order valence-electron chi connectivity index (χ3n) is 3.40. The maximum absolute atomic E-state index is 12.0. The van der Waals surface area contributed by atoms with Gasteiger partial charge in [-0.25, -0.2) is 13.2 Å². The van der Waals surface area contributed by atoms with Gasteiger partial charge < -0.3 is 16.0 Å². The molecule has 0 saturated carbocycles. The molecule has 3 amide bonds. The Labute approximate surface area is 139 Å². The van der Waals surface area contributed by atoms with Crippen molar-refractivity contribution < 1.29 is 18.0 Å². The van der Waals surface area contributed by atoms with Crippen LogP contribution in [0.5, 0.6) is 0 Å². The highest BCUT2D eigenvalue weighted by Crippen LogP contribution is 2.15. The van der Waals surface area contributed by atoms with Gasteiger partial charge in [-0.2, -0.15) is 0 Å². The van der Waals surface area contributed by atoms with Gasteiger partial charge >= 0.3 is 6.03 Å². The molecule has 2 atom stereocenters. The van der Waals surface area contributed by atoms with Crippen LogP contribution in [0.3, 0.4) is 0 Å². The molecule has 1 aliphatic rings. The van der Waals surface area contributed by atoms with Crippen molar-refractivity contribution in [1.29, 1.82) is 0 Å². The highest BCUT2D eigenvalue weighted by Gasteiger charge is 2.29. The Balaban J connectivity index is 1.82. The van der Waals surface area contributed by atoms with Crippen LogP contribution in [0.15, 0.2) is 24.3 Å². The molecule has 1 aliphatic heterocycles. The Bertz CT molecular complexity index is 708. The number of hydrogen-bond donors (Lipinski definition) is 3. The number of nitrogens with one attached hydrogen (secondary N) is 3. The Morgan fingerprint density at radius 2 is 2.09 bits per heavy atom. The highest BCUT2D eigenvalue weighted by molar-refractivity contribution is 7.91. The lowest BCUT2D eigenvalue weighted by molar-refractivity contribution is -0.117. The fourth-order valence-electron chi connectivity index (χ4n) is 2.21. The number of benzene rings is 1. The van der Waals surface area contributed by atoms with E-state index in [9.17, 15) is 18.0 Å². The third kappa shape index (κ3) is 5.40. The van der Waals surface area contributed by atoms with E-state index in [0.717, 1.165) is 0 Å². The monoisotopic (exact) mass is 359 g/mol. The lowest BCUT2D eigenvalue weighted by Gasteiger charge is -2.17. The molecule has 23 heavy (non-hydrogen) atoms. The quantitative estimate of drug-likeness (QED) is 0.750. The summed E-state index contributed by atoms with van der Waals surface area (Å²) < 4.78 is 22.7. The summed E-state index contributed by atoms with van der Waals surface area (Å²) in [4.78, 5) is 23.8. The second-order valence-corrected chi connectivity index (χ2v) is 8.10. The fraction of sp³-hybridized carbons (Fsp3) is 0.429. The lowest BCUT2D eigenvalue weighted by atomic mass is 10.2. The molecule has 1 fully saturated rings. The largest absolute Gasteiger partial charge is 0.334 e. The second kappa shape index (κ2) is 7.18. The van der Waals surface area contributed by atoms with E-state index in [4.69, 9.17) is 11.6 Å². The van der Waals surface area contributed by atoms with Gasteiger partial charge in [0.2, 0.25) is 5.91 Å². The Morgan fingerprint density at radius 3 is 2.70 bits per heavy atom. The summed E-state index contributed by atoms with van der Waals surface area (Å²) in [5, 5.41) is 8.16. The summed E-state index contributed by atoms with van der Waals surface area (Å²) in [6.07, 6.45) is 0.388. The molecule has 1 saturated heterocycles. The molecule has 7 nitrogen and oxygen atoms in total. The zero-order chi connectivity index (χ0) is 17.0. The first-order valence-electron chi connectivity index (χ1n) is 7.09. The molecule has 2 rings (SSSR count). The van der Waals surface area contributed by atoms with Gasteiger partial charge in [0.05, 0.1) is 11.5 Å².